The summed E-state index contributed by atoms with van der Waals surface area (Å²) in [5, 5.41) is 0.904. The van der Waals surface area contributed by atoms with E-state index in [1.807, 2.05) is 47.4 Å². The zero-order valence-electron chi connectivity index (χ0n) is 15.0. The van der Waals surface area contributed by atoms with E-state index in [-0.39, 0.29) is 5.91 Å². The number of rotatable bonds is 2. The summed E-state index contributed by atoms with van der Waals surface area (Å²) in [5.74, 6) is 1.12. The molecule has 5 heteroatoms. The van der Waals surface area contributed by atoms with Gasteiger partial charge in [0.05, 0.1) is 23.4 Å². The molecule has 0 N–H and O–H groups in total. The molecule has 0 bridgehead atoms. The van der Waals surface area contributed by atoms with Crippen molar-refractivity contribution in [3.05, 3.63) is 60.4 Å². The van der Waals surface area contributed by atoms with Crippen LogP contribution in [0.1, 0.15) is 16.8 Å². The Morgan fingerprint density at radius 2 is 2.00 bits per heavy atom. The molecule has 5 rings (SSSR count). The molecule has 2 saturated heterocycles. The van der Waals surface area contributed by atoms with Gasteiger partial charge in [0.1, 0.15) is 0 Å². The van der Waals surface area contributed by atoms with Crippen molar-refractivity contribution in [1.29, 1.82) is 0 Å². The number of nitrogens with zero attached hydrogens (tertiary/aromatic N) is 3. The molecule has 0 aliphatic carbocycles. The second-order valence-corrected chi connectivity index (χ2v) is 7.41. The maximum absolute atomic E-state index is 13.4. The van der Waals surface area contributed by atoms with Crippen molar-refractivity contribution in [3.63, 3.8) is 0 Å². The number of hydrogen-bond acceptors (Lipinski definition) is 4. The Morgan fingerprint density at radius 3 is 2.85 bits per heavy atom. The Bertz CT molecular complexity index is 975. The molecular weight excluding hydrogens is 338 g/mol. The first kappa shape index (κ1) is 16.4. The van der Waals surface area contributed by atoms with E-state index in [1.54, 1.807) is 12.4 Å². The number of carbonyl (C=O) groups excluding carboxylic acids is 1. The SMILES string of the molecule is O=C(c1cc(-c2cccnc2)nc2ccccc12)N1CC2CCOCC2C1. The Morgan fingerprint density at radius 1 is 1.11 bits per heavy atom. The van der Waals surface area contributed by atoms with Gasteiger partial charge in [0, 0.05) is 49.0 Å². The lowest BCUT2D eigenvalue weighted by molar-refractivity contribution is 0.0370. The van der Waals surface area contributed by atoms with Crippen LogP contribution in [0.2, 0.25) is 0 Å². The van der Waals surface area contributed by atoms with Crippen molar-refractivity contribution >= 4 is 16.8 Å². The molecule has 136 valence electrons. The van der Waals surface area contributed by atoms with Crippen LogP contribution in [-0.4, -0.2) is 47.1 Å². The fraction of sp³-hybridized carbons (Fsp3) is 0.318. The summed E-state index contributed by atoms with van der Waals surface area (Å²) < 4.78 is 5.61. The van der Waals surface area contributed by atoms with Crippen molar-refractivity contribution in [2.75, 3.05) is 26.3 Å². The first-order valence-electron chi connectivity index (χ1n) is 9.47. The highest BCUT2D eigenvalue weighted by Crippen LogP contribution is 2.32. The predicted molar refractivity (Wildman–Crippen MR) is 103 cm³/mol. The molecule has 5 nitrogen and oxygen atoms in total. The topological polar surface area (TPSA) is 55.3 Å². The highest BCUT2D eigenvalue weighted by molar-refractivity contribution is 6.07. The second kappa shape index (κ2) is 6.74. The minimum Gasteiger partial charge on any atom is -0.381 e. The Hall–Kier alpha value is -2.79. The third-order valence-electron chi connectivity index (χ3n) is 5.73. The number of ether oxygens (including phenoxy) is 1. The fourth-order valence-electron chi connectivity index (χ4n) is 4.27. The maximum Gasteiger partial charge on any atom is 0.254 e. The van der Waals surface area contributed by atoms with E-state index in [0.717, 1.165) is 60.4 Å². The number of aromatic nitrogens is 2. The number of fused-ring (bicyclic) bond motifs is 2. The highest BCUT2D eigenvalue weighted by Gasteiger charge is 2.37. The Kier molecular flexibility index (Phi) is 4.09. The van der Waals surface area contributed by atoms with Gasteiger partial charge >= 0.3 is 0 Å². The number of para-hydroxylation sites is 1. The van der Waals surface area contributed by atoms with Crippen molar-refractivity contribution in [1.82, 2.24) is 14.9 Å². The quantitative estimate of drug-likeness (QED) is 0.704. The molecule has 2 aliphatic heterocycles. The van der Waals surface area contributed by atoms with Gasteiger partial charge in [0.25, 0.3) is 5.91 Å². The predicted octanol–water partition coefficient (Wildman–Crippen LogP) is 3.41. The number of likely N-dealkylation sites (tertiary alicyclic amines) is 1. The van der Waals surface area contributed by atoms with Crippen LogP contribution in [0.4, 0.5) is 0 Å². The van der Waals surface area contributed by atoms with Crippen molar-refractivity contribution < 1.29 is 9.53 Å². The molecular formula is C22H21N3O2. The summed E-state index contributed by atoms with van der Waals surface area (Å²) in [6.45, 7) is 3.19. The lowest BCUT2D eigenvalue weighted by Crippen LogP contribution is -2.29. The highest BCUT2D eigenvalue weighted by atomic mass is 16.5. The molecule has 0 spiro atoms. The van der Waals surface area contributed by atoms with Crippen LogP contribution < -0.4 is 0 Å². The van der Waals surface area contributed by atoms with E-state index >= 15 is 0 Å². The van der Waals surface area contributed by atoms with Crippen LogP contribution in [0, 0.1) is 11.8 Å². The van der Waals surface area contributed by atoms with E-state index in [1.165, 1.54) is 0 Å². The molecule has 2 atom stereocenters. The van der Waals surface area contributed by atoms with Gasteiger partial charge in [-0.25, -0.2) is 4.98 Å². The lowest BCUT2D eigenvalue weighted by Gasteiger charge is -2.23. The summed E-state index contributed by atoms with van der Waals surface area (Å²) in [7, 11) is 0. The molecule has 27 heavy (non-hydrogen) atoms. The van der Waals surface area contributed by atoms with Crippen LogP contribution >= 0.6 is 0 Å². The molecule has 1 aromatic carbocycles. The molecule has 4 heterocycles. The first-order valence-corrected chi connectivity index (χ1v) is 9.47. The summed E-state index contributed by atoms with van der Waals surface area (Å²) in [5.41, 5.74) is 3.26. The monoisotopic (exact) mass is 359 g/mol. The van der Waals surface area contributed by atoms with Gasteiger partial charge in [0.2, 0.25) is 0 Å². The smallest absolute Gasteiger partial charge is 0.254 e. The summed E-state index contributed by atoms with van der Waals surface area (Å²) in [6, 6.07) is 13.6. The minimum atomic E-state index is 0.0909. The Balaban J connectivity index is 1.56. The molecule has 1 amide bonds. The van der Waals surface area contributed by atoms with Crippen LogP contribution in [0.15, 0.2) is 54.9 Å². The largest absolute Gasteiger partial charge is 0.381 e. The lowest BCUT2D eigenvalue weighted by atomic mass is 9.92. The number of hydrogen-bond donors (Lipinski definition) is 0. The zero-order valence-corrected chi connectivity index (χ0v) is 15.0. The third-order valence-corrected chi connectivity index (χ3v) is 5.73. The van der Waals surface area contributed by atoms with Crippen LogP contribution in [0.25, 0.3) is 22.2 Å². The van der Waals surface area contributed by atoms with E-state index in [4.69, 9.17) is 9.72 Å². The second-order valence-electron chi connectivity index (χ2n) is 7.41. The Labute approximate surface area is 158 Å². The molecule has 0 saturated carbocycles. The molecule has 2 aromatic heterocycles. The van der Waals surface area contributed by atoms with Crippen molar-refractivity contribution in [2.45, 2.75) is 6.42 Å². The first-order chi connectivity index (χ1) is 13.3. The third kappa shape index (κ3) is 2.98. The number of benzene rings is 1. The van der Waals surface area contributed by atoms with Gasteiger partial charge in [-0.3, -0.25) is 9.78 Å². The molecule has 2 fully saturated rings. The van der Waals surface area contributed by atoms with Crippen LogP contribution in [-0.2, 0) is 4.74 Å². The van der Waals surface area contributed by atoms with Crippen LogP contribution in [0.5, 0.6) is 0 Å². The average Bonchev–Trinajstić information content (AvgIpc) is 3.17. The van der Waals surface area contributed by atoms with E-state index in [2.05, 4.69) is 4.98 Å². The van der Waals surface area contributed by atoms with E-state index in [9.17, 15) is 4.79 Å². The molecule has 2 unspecified atom stereocenters. The van der Waals surface area contributed by atoms with E-state index in [0.29, 0.717) is 11.8 Å². The standard InChI is InChI=1S/C22H21N3O2/c26-22(25-12-16-7-9-27-14-17(16)13-25)19-10-21(15-4-3-8-23-11-15)24-20-6-2-1-5-18(19)20/h1-6,8,10-11,16-17H,7,9,12-14H2. The molecule has 0 radical (unpaired) electrons. The number of carbonyl (C=O) groups is 1. The number of pyridine rings is 2. The van der Waals surface area contributed by atoms with Gasteiger partial charge in [-0.15, -0.1) is 0 Å². The van der Waals surface area contributed by atoms with Crippen molar-refractivity contribution in [2.24, 2.45) is 11.8 Å². The van der Waals surface area contributed by atoms with Gasteiger partial charge in [-0.05, 0) is 36.6 Å². The van der Waals surface area contributed by atoms with Crippen molar-refractivity contribution in [3.8, 4) is 11.3 Å². The maximum atomic E-state index is 13.4. The number of amides is 1. The normalized spacial score (nSPS) is 22.0. The summed E-state index contributed by atoms with van der Waals surface area (Å²) in [6.07, 6.45) is 4.57. The molecule has 2 aliphatic rings. The molecule has 3 aromatic rings. The van der Waals surface area contributed by atoms with E-state index < -0.39 is 0 Å². The van der Waals surface area contributed by atoms with Gasteiger partial charge in [0.15, 0.2) is 0 Å². The summed E-state index contributed by atoms with van der Waals surface area (Å²) >= 11 is 0. The summed E-state index contributed by atoms with van der Waals surface area (Å²) in [4.78, 5) is 24.4. The van der Waals surface area contributed by atoms with Gasteiger partial charge in [-0.2, -0.15) is 0 Å². The van der Waals surface area contributed by atoms with Crippen LogP contribution in [0.3, 0.4) is 0 Å². The minimum absolute atomic E-state index is 0.0909. The zero-order chi connectivity index (χ0) is 18.2. The van der Waals surface area contributed by atoms with Gasteiger partial charge < -0.3 is 9.64 Å². The fourth-order valence-corrected chi connectivity index (χ4v) is 4.27. The average molecular weight is 359 g/mol. The van der Waals surface area contributed by atoms with Gasteiger partial charge in [-0.1, -0.05) is 18.2 Å².